The lowest BCUT2D eigenvalue weighted by Gasteiger charge is -2.15. The predicted molar refractivity (Wildman–Crippen MR) is 65.9 cm³/mol. The van der Waals surface area contributed by atoms with Crippen LogP contribution in [0, 0.1) is 6.92 Å². The van der Waals surface area contributed by atoms with Crippen LogP contribution in [0.25, 0.3) is 0 Å². The molecule has 0 bridgehead atoms. The second-order valence-corrected chi connectivity index (χ2v) is 4.59. The molecule has 1 rings (SSSR count). The standard InChI is InChI=1S/C10H17BrN4O/c1-4-15-8(10(11)7(2)13-15)5-14(3)6-9(12)16/h4-6H2,1-3H3,(H2,12,16). The number of amides is 1. The highest BCUT2D eigenvalue weighted by Crippen LogP contribution is 2.21. The number of carbonyl (C=O) groups excluding carboxylic acids is 1. The smallest absolute Gasteiger partial charge is 0.231 e. The molecule has 0 atom stereocenters. The van der Waals surface area contributed by atoms with Gasteiger partial charge in [0.25, 0.3) is 0 Å². The summed E-state index contributed by atoms with van der Waals surface area (Å²) in [5.41, 5.74) is 7.18. The van der Waals surface area contributed by atoms with Crippen LogP contribution >= 0.6 is 15.9 Å². The largest absolute Gasteiger partial charge is 0.369 e. The molecular formula is C10H17BrN4O. The predicted octanol–water partition coefficient (Wildman–Crippen LogP) is 0.891. The molecule has 1 aromatic rings. The second-order valence-electron chi connectivity index (χ2n) is 3.80. The molecule has 1 aromatic heterocycles. The van der Waals surface area contributed by atoms with Gasteiger partial charge in [-0.25, -0.2) is 0 Å². The van der Waals surface area contributed by atoms with E-state index in [-0.39, 0.29) is 12.5 Å². The van der Waals surface area contributed by atoms with Crippen molar-refractivity contribution in [2.45, 2.75) is 26.9 Å². The summed E-state index contributed by atoms with van der Waals surface area (Å²) in [6, 6.07) is 0. The Balaban J connectivity index is 2.83. The lowest BCUT2D eigenvalue weighted by atomic mass is 10.3. The Kier molecular flexibility index (Phi) is 4.49. The molecule has 1 heterocycles. The summed E-state index contributed by atoms with van der Waals surface area (Å²) in [5.74, 6) is -0.321. The van der Waals surface area contributed by atoms with Crippen molar-refractivity contribution in [3.63, 3.8) is 0 Å². The zero-order chi connectivity index (χ0) is 12.3. The minimum Gasteiger partial charge on any atom is -0.369 e. The van der Waals surface area contributed by atoms with Crippen molar-refractivity contribution < 1.29 is 4.79 Å². The molecule has 0 aliphatic rings. The molecule has 0 saturated heterocycles. The molecule has 0 aliphatic carbocycles. The van der Waals surface area contributed by atoms with Crippen molar-refractivity contribution in [2.24, 2.45) is 5.73 Å². The van der Waals surface area contributed by atoms with Gasteiger partial charge in [0.2, 0.25) is 5.91 Å². The van der Waals surface area contributed by atoms with Crippen LogP contribution in [0.1, 0.15) is 18.3 Å². The average Bonchev–Trinajstić information content (AvgIpc) is 2.44. The van der Waals surface area contributed by atoms with Crippen LogP contribution in [0.5, 0.6) is 0 Å². The first kappa shape index (κ1) is 13.2. The normalized spacial score (nSPS) is 11.1. The van der Waals surface area contributed by atoms with E-state index in [2.05, 4.69) is 21.0 Å². The van der Waals surface area contributed by atoms with Crippen molar-refractivity contribution in [3.05, 3.63) is 15.9 Å². The van der Waals surface area contributed by atoms with Crippen LogP contribution in [0.4, 0.5) is 0 Å². The van der Waals surface area contributed by atoms with Crippen LogP contribution in [0.15, 0.2) is 4.47 Å². The van der Waals surface area contributed by atoms with Gasteiger partial charge in [-0.1, -0.05) is 0 Å². The quantitative estimate of drug-likeness (QED) is 0.875. The van der Waals surface area contributed by atoms with E-state index < -0.39 is 0 Å². The van der Waals surface area contributed by atoms with Crippen LogP contribution in [0.2, 0.25) is 0 Å². The van der Waals surface area contributed by atoms with Crippen LogP contribution in [-0.4, -0.2) is 34.2 Å². The summed E-state index contributed by atoms with van der Waals surface area (Å²) < 4.78 is 2.93. The van der Waals surface area contributed by atoms with Crippen LogP contribution < -0.4 is 5.73 Å². The molecule has 90 valence electrons. The van der Waals surface area contributed by atoms with Gasteiger partial charge in [-0.05, 0) is 36.8 Å². The summed E-state index contributed by atoms with van der Waals surface area (Å²) in [4.78, 5) is 12.7. The maximum Gasteiger partial charge on any atom is 0.231 e. The molecule has 0 saturated carbocycles. The molecule has 0 aromatic carbocycles. The molecule has 16 heavy (non-hydrogen) atoms. The van der Waals surface area contributed by atoms with Gasteiger partial charge in [0.1, 0.15) is 0 Å². The van der Waals surface area contributed by atoms with Gasteiger partial charge in [0, 0.05) is 13.1 Å². The molecule has 0 fully saturated rings. The molecule has 0 unspecified atom stereocenters. The third-order valence-electron chi connectivity index (χ3n) is 2.30. The number of nitrogens with zero attached hydrogens (tertiary/aromatic N) is 3. The molecule has 0 aliphatic heterocycles. The first-order valence-electron chi connectivity index (χ1n) is 5.14. The lowest BCUT2D eigenvalue weighted by molar-refractivity contribution is -0.118. The summed E-state index contributed by atoms with van der Waals surface area (Å²) in [6.07, 6.45) is 0. The second kappa shape index (κ2) is 5.45. The number of rotatable bonds is 5. The monoisotopic (exact) mass is 288 g/mol. The Morgan fingerprint density at radius 3 is 2.75 bits per heavy atom. The van der Waals surface area contributed by atoms with Gasteiger partial charge in [0.05, 0.1) is 22.4 Å². The number of halogens is 1. The first-order valence-corrected chi connectivity index (χ1v) is 5.93. The van der Waals surface area contributed by atoms with Gasteiger partial charge >= 0.3 is 0 Å². The maximum absolute atomic E-state index is 10.8. The highest BCUT2D eigenvalue weighted by molar-refractivity contribution is 9.10. The van der Waals surface area contributed by atoms with E-state index in [4.69, 9.17) is 5.73 Å². The van der Waals surface area contributed by atoms with Crippen LogP contribution in [0.3, 0.4) is 0 Å². The minimum atomic E-state index is -0.321. The summed E-state index contributed by atoms with van der Waals surface area (Å²) in [7, 11) is 1.86. The average molecular weight is 289 g/mol. The van der Waals surface area contributed by atoms with E-state index in [9.17, 15) is 4.79 Å². The number of nitrogens with two attached hydrogens (primary N) is 1. The fourth-order valence-electron chi connectivity index (χ4n) is 1.60. The number of hydrogen-bond donors (Lipinski definition) is 1. The van der Waals surface area contributed by atoms with E-state index >= 15 is 0 Å². The fourth-order valence-corrected chi connectivity index (χ4v) is 2.01. The molecule has 5 nitrogen and oxygen atoms in total. The minimum absolute atomic E-state index is 0.250. The number of aryl methyl sites for hydroxylation is 2. The number of primary amides is 1. The fraction of sp³-hybridized carbons (Fsp3) is 0.600. The molecule has 2 N–H and O–H groups in total. The molecular weight excluding hydrogens is 272 g/mol. The molecule has 0 radical (unpaired) electrons. The SMILES string of the molecule is CCn1nc(C)c(Br)c1CN(C)CC(N)=O. The topological polar surface area (TPSA) is 64.2 Å². The Bertz CT molecular complexity index is 388. The Morgan fingerprint density at radius 2 is 2.25 bits per heavy atom. The number of carbonyl (C=O) groups is 1. The summed E-state index contributed by atoms with van der Waals surface area (Å²) in [6.45, 7) is 5.70. The first-order chi connectivity index (χ1) is 7.45. The number of likely N-dealkylation sites (N-methyl/N-ethyl adjacent to an activating group) is 1. The van der Waals surface area contributed by atoms with E-state index in [1.807, 2.05) is 30.5 Å². The zero-order valence-corrected chi connectivity index (χ0v) is 11.4. The summed E-state index contributed by atoms with van der Waals surface area (Å²) in [5, 5.41) is 4.39. The van der Waals surface area contributed by atoms with Gasteiger partial charge < -0.3 is 5.73 Å². The highest BCUT2D eigenvalue weighted by Gasteiger charge is 2.14. The van der Waals surface area contributed by atoms with E-state index in [1.54, 1.807) is 0 Å². The highest BCUT2D eigenvalue weighted by atomic mass is 79.9. The van der Waals surface area contributed by atoms with Crippen molar-refractivity contribution >= 4 is 21.8 Å². The van der Waals surface area contributed by atoms with E-state index in [0.29, 0.717) is 6.54 Å². The lowest BCUT2D eigenvalue weighted by Crippen LogP contribution is -2.31. The van der Waals surface area contributed by atoms with Crippen molar-refractivity contribution in [3.8, 4) is 0 Å². The maximum atomic E-state index is 10.8. The zero-order valence-electron chi connectivity index (χ0n) is 9.83. The van der Waals surface area contributed by atoms with Crippen LogP contribution in [-0.2, 0) is 17.9 Å². The molecule has 1 amide bonds. The number of hydrogen-bond acceptors (Lipinski definition) is 3. The third-order valence-corrected chi connectivity index (χ3v) is 3.33. The van der Waals surface area contributed by atoms with Gasteiger partial charge in [-0.15, -0.1) is 0 Å². The van der Waals surface area contributed by atoms with Gasteiger partial charge in [-0.2, -0.15) is 5.10 Å². The Labute approximate surface area is 104 Å². The molecule has 0 spiro atoms. The Morgan fingerprint density at radius 1 is 1.62 bits per heavy atom. The van der Waals surface area contributed by atoms with Gasteiger partial charge in [-0.3, -0.25) is 14.4 Å². The van der Waals surface area contributed by atoms with Crippen molar-refractivity contribution in [1.29, 1.82) is 0 Å². The third kappa shape index (κ3) is 3.05. The van der Waals surface area contributed by atoms with Crippen molar-refractivity contribution in [1.82, 2.24) is 14.7 Å². The number of aromatic nitrogens is 2. The van der Waals surface area contributed by atoms with Crippen molar-refractivity contribution in [2.75, 3.05) is 13.6 Å². The van der Waals surface area contributed by atoms with E-state index in [0.717, 1.165) is 22.4 Å². The molecule has 6 heteroatoms. The van der Waals surface area contributed by atoms with Gasteiger partial charge in [0.15, 0.2) is 0 Å². The Hall–Kier alpha value is -0.880. The summed E-state index contributed by atoms with van der Waals surface area (Å²) >= 11 is 3.51. The van der Waals surface area contributed by atoms with E-state index in [1.165, 1.54) is 0 Å².